The molecule has 0 fully saturated rings. The maximum Gasteiger partial charge on any atom is 0.389 e. The van der Waals surface area contributed by atoms with Gasteiger partial charge < -0.3 is 4.74 Å². The molecular weight excluding hydrogens is 391 g/mol. The summed E-state index contributed by atoms with van der Waals surface area (Å²) in [5.74, 6) is 0.384. The molecule has 0 bridgehead atoms. The first-order valence-electron chi connectivity index (χ1n) is 8.89. The molecule has 0 spiro atoms. The predicted molar refractivity (Wildman–Crippen MR) is 106 cm³/mol. The number of halogens is 3. The predicted octanol–water partition coefficient (Wildman–Crippen LogP) is 5.69. The lowest BCUT2D eigenvalue weighted by Crippen LogP contribution is -2.22. The van der Waals surface area contributed by atoms with Crippen molar-refractivity contribution in [3.05, 3.63) is 30.7 Å². The third-order valence-corrected chi connectivity index (χ3v) is 6.55. The quantitative estimate of drug-likeness (QED) is 0.283. The molecule has 0 unspecified atom stereocenters. The summed E-state index contributed by atoms with van der Waals surface area (Å²) in [4.78, 5) is 4.95. The van der Waals surface area contributed by atoms with Crippen LogP contribution in [0.2, 0.25) is 25.7 Å². The van der Waals surface area contributed by atoms with Gasteiger partial charge in [0.25, 0.3) is 0 Å². The van der Waals surface area contributed by atoms with Crippen molar-refractivity contribution in [1.82, 2.24) is 14.8 Å². The van der Waals surface area contributed by atoms with Gasteiger partial charge >= 0.3 is 6.18 Å². The van der Waals surface area contributed by atoms with Crippen molar-refractivity contribution < 1.29 is 17.9 Å². The van der Waals surface area contributed by atoms with Crippen LogP contribution in [-0.2, 0) is 11.5 Å². The fraction of sp³-hybridized carbons (Fsp3) is 0.556. The van der Waals surface area contributed by atoms with Crippen LogP contribution in [0.15, 0.2) is 35.6 Å². The van der Waals surface area contributed by atoms with Gasteiger partial charge in [-0.25, -0.2) is 4.68 Å². The highest BCUT2D eigenvalue weighted by atomic mass is 32.2. The lowest BCUT2D eigenvalue weighted by atomic mass is 10.2. The van der Waals surface area contributed by atoms with Crippen LogP contribution in [0.3, 0.4) is 0 Å². The average Bonchev–Trinajstić information content (AvgIpc) is 2.98. The van der Waals surface area contributed by atoms with Crippen molar-refractivity contribution in [2.45, 2.75) is 56.3 Å². The van der Waals surface area contributed by atoms with Crippen molar-refractivity contribution in [3.63, 3.8) is 0 Å². The Hall–Kier alpha value is -1.32. The monoisotopic (exact) mass is 417 g/mol. The molecule has 0 atom stereocenters. The van der Waals surface area contributed by atoms with Crippen molar-refractivity contribution in [3.8, 4) is 11.3 Å². The van der Waals surface area contributed by atoms with E-state index in [1.165, 1.54) is 11.8 Å². The first-order chi connectivity index (χ1) is 12.6. The van der Waals surface area contributed by atoms with Crippen molar-refractivity contribution in [2.75, 3.05) is 12.4 Å². The molecule has 2 aromatic heterocycles. The van der Waals surface area contributed by atoms with E-state index in [1.54, 1.807) is 17.1 Å². The van der Waals surface area contributed by atoms with Crippen molar-refractivity contribution in [1.29, 1.82) is 0 Å². The molecule has 2 heterocycles. The smallest absolute Gasteiger partial charge is 0.360 e. The fourth-order valence-corrected chi connectivity index (χ4v) is 4.03. The largest absolute Gasteiger partial charge is 0.389 e. The molecule has 0 saturated heterocycles. The Kier molecular flexibility index (Phi) is 7.93. The molecule has 2 aromatic rings. The zero-order chi connectivity index (χ0) is 19.9. The summed E-state index contributed by atoms with van der Waals surface area (Å²) in [6, 6.07) is 4.78. The van der Waals surface area contributed by atoms with Gasteiger partial charge in [0.2, 0.25) is 0 Å². The van der Waals surface area contributed by atoms with Crippen LogP contribution in [0.1, 0.15) is 12.8 Å². The van der Waals surface area contributed by atoms with Gasteiger partial charge in [0, 0.05) is 45.3 Å². The number of hydrogen-bond donors (Lipinski definition) is 0. The summed E-state index contributed by atoms with van der Waals surface area (Å²) in [6.07, 6.45) is 0.430. The Morgan fingerprint density at radius 1 is 1.26 bits per heavy atom. The molecule has 0 aliphatic rings. The zero-order valence-electron chi connectivity index (χ0n) is 15.9. The van der Waals surface area contributed by atoms with E-state index < -0.39 is 20.7 Å². The molecule has 0 amide bonds. The first kappa shape index (κ1) is 22.0. The Balaban J connectivity index is 2.01. The van der Waals surface area contributed by atoms with Crippen molar-refractivity contribution >= 4 is 19.8 Å². The maximum absolute atomic E-state index is 12.3. The summed E-state index contributed by atoms with van der Waals surface area (Å²) >= 11 is 1.39. The van der Waals surface area contributed by atoms with Crippen LogP contribution < -0.4 is 0 Å². The highest BCUT2D eigenvalue weighted by Crippen LogP contribution is 2.32. The van der Waals surface area contributed by atoms with Crippen LogP contribution in [0.4, 0.5) is 13.2 Å². The number of alkyl halides is 3. The number of thioether (sulfide) groups is 1. The van der Waals surface area contributed by atoms with Gasteiger partial charge in [-0.1, -0.05) is 19.6 Å². The first-order valence-corrected chi connectivity index (χ1v) is 13.6. The minimum Gasteiger partial charge on any atom is -0.360 e. The SMILES string of the molecule is C[Si](C)(C)CCOCn1cc(SCCCC(F)(F)F)c(-c2cccnc2)n1. The molecule has 2 rings (SSSR count). The minimum absolute atomic E-state index is 0.0819. The molecule has 0 aromatic carbocycles. The lowest BCUT2D eigenvalue weighted by Gasteiger charge is -2.15. The highest BCUT2D eigenvalue weighted by molar-refractivity contribution is 7.99. The van der Waals surface area contributed by atoms with Gasteiger partial charge in [-0.05, 0) is 30.4 Å². The summed E-state index contributed by atoms with van der Waals surface area (Å²) < 4.78 is 44.5. The molecule has 27 heavy (non-hydrogen) atoms. The summed E-state index contributed by atoms with van der Waals surface area (Å²) in [6.45, 7) is 7.90. The number of nitrogens with zero attached hydrogens (tertiary/aromatic N) is 3. The second kappa shape index (κ2) is 9.75. The molecule has 0 aliphatic carbocycles. The van der Waals surface area contributed by atoms with E-state index in [9.17, 15) is 13.2 Å². The number of ether oxygens (including phenoxy) is 1. The minimum atomic E-state index is -4.11. The van der Waals surface area contributed by atoms with E-state index in [0.717, 1.165) is 22.2 Å². The zero-order valence-corrected chi connectivity index (χ0v) is 17.7. The van der Waals surface area contributed by atoms with Crippen LogP contribution in [0.5, 0.6) is 0 Å². The van der Waals surface area contributed by atoms with Crippen LogP contribution >= 0.6 is 11.8 Å². The van der Waals surface area contributed by atoms with E-state index in [0.29, 0.717) is 19.1 Å². The van der Waals surface area contributed by atoms with Crippen LogP contribution in [-0.4, -0.2) is 41.4 Å². The van der Waals surface area contributed by atoms with Crippen LogP contribution in [0, 0.1) is 0 Å². The fourth-order valence-electron chi connectivity index (χ4n) is 2.27. The molecule has 9 heteroatoms. The Morgan fingerprint density at radius 3 is 2.67 bits per heavy atom. The Labute approximate surface area is 163 Å². The Morgan fingerprint density at radius 2 is 2.04 bits per heavy atom. The van der Waals surface area contributed by atoms with E-state index in [2.05, 4.69) is 29.7 Å². The van der Waals surface area contributed by atoms with E-state index >= 15 is 0 Å². The average molecular weight is 418 g/mol. The molecule has 0 radical (unpaired) electrons. The summed E-state index contributed by atoms with van der Waals surface area (Å²) in [5.41, 5.74) is 1.57. The standard InChI is InChI=1S/C18H26F3N3OSSi/c1-27(2,3)11-9-25-14-24-13-16(26-10-5-7-18(19,20)21)17(23-24)15-6-4-8-22-12-15/h4,6,8,12-13H,5,7,9-11,14H2,1-3H3. The third kappa shape index (κ3) is 8.48. The Bertz CT molecular complexity index is 702. The number of pyridine rings is 1. The van der Waals surface area contributed by atoms with Gasteiger partial charge in [0.05, 0.1) is 4.90 Å². The molecule has 0 N–H and O–H groups in total. The molecule has 4 nitrogen and oxygen atoms in total. The normalized spacial score (nSPS) is 12.5. The molecular formula is C18H26F3N3OSSi. The second-order valence-corrected chi connectivity index (χ2v) is 14.3. The van der Waals surface area contributed by atoms with E-state index in [-0.39, 0.29) is 6.42 Å². The van der Waals surface area contributed by atoms with Crippen LogP contribution in [0.25, 0.3) is 11.3 Å². The molecule has 0 saturated carbocycles. The number of hydrogen-bond acceptors (Lipinski definition) is 4. The molecule has 150 valence electrons. The molecule has 0 aliphatic heterocycles. The second-order valence-electron chi connectivity index (χ2n) is 7.54. The van der Waals surface area contributed by atoms with Gasteiger partial charge in [-0.3, -0.25) is 4.98 Å². The topological polar surface area (TPSA) is 39.9 Å². The maximum atomic E-state index is 12.3. The highest BCUT2D eigenvalue weighted by Gasteiger charge is 2.26. The number of rotatable bonds is 10. The van der Waals surface area contributed by atoms with Gasteiger partial charge in [-0.2, -0.15) is 18.3 Å². The third-order valence-electron chi connectivity index (χ3n) is 3.75. The summed E-state index contributed by atoms with van der Waals surface area (Å²) in [5, 5.41) is 4.56. The van der Waals surface area contributed by atoms with E-state index in [1.807, 2.05) is 18.3 Å². The van der Waals surface area contributed by atoms with Gasteiger partial charge in [0.1, 0.15) is 12.4 Å². The van der Waals surface area contributed by atoms with E-state index in [4.69, 9.17) is 4.74 Å². The van der Waals surface area contributed by atoms with Crippen molar-refractivity contribution in [2.24, 2.45) is 0 Å². The van der Waals surface area contributed by atoms with Gasteiger partial charge in [0.15, 0.2) is 0 Å². The summed E-state index contributed by atoms with van der Waals surface area (Å²) in [7, 11) is -1.15. The van der Waals surface area contributed by atoms with Gasteiger partial charge in [-0.15, -0.1) is 11.8 Å². The lowest BCUT2D eigenvalue weighted by molar-refractivity contribution is -0.134. The number of aromatic nitrogens is 3.